The van der Waals surface area contributed by atoms with Gasteiger partial charge < -0.3 is 0 Å². The van der Waals surface area contributed by atoms with Crippen molar-refractivity contribution < 1.29 is 9.00 Å². The SMILES string of the molecule is C/C(=C\C(=O)n1c(S(=O)c2ccc(C)cc2)cc2ccccc21)c1ccccc1. The zero-order valence-electron chi connectivity index (χ0n) is 16.3. The summed E-state index contributed by atoms with van der Waals surface area (Å²) >= 11 is 0. The number of benzene rings is 3. The maximum atomic E-state index is 13.3. The van der Waals surface area contributed by atoms with Crippen LogP contribution in [0.3, 0.4) is 0 Å². The molecule has 3 nitrogen and oxygen atoms in total. The molecule has 0 aliphatic heterocycles. The predicted octanol–water partition coefficient (Wildman–Crippen LogP) is 5.86. The Labute approximate surface area is 172 Å². The van der Waals surface area contributed by atoms with Crippen LogP contribution in [-0.4, -0.2) is 14.7 Å². The van der Waals surface area contributed by atoms with Crippen molar-refractivity contribution in [1.29, 1.82) is 0 Å². The monoisotopic (exact) mass is 399 g/mol. The van der Waals surface area contributed by atoms with E-state index in [9.17, 15) is 9.00 Å². The summed E-state index contributed by atoms with van der Waals surface area (Å²) < 4.78 is 14.9. The molecule has 1 heterocycles. The molecular formula is C25H21NO2S. The van der Waals surface area contributed by atoms with E-state index in [0.717, 1.165) is 27.6 Å². The number of aromatic nitrogens is 1. The second-order valence-corrected chi connectivity index (χ2v) is 8.42. The van der Waals surface area contributed by atoms with Gasteiger partial charge in [-0.05, 0) is 49.2 Å². The van der Waals surface area contributed by atoms with E-state index < -0.39 is 10.8 Å². The van der Waals surface area contributed by atoms with Gasteiger partial charge in [0, 0.05) is 16.4 Å². The van der Waals surface area contributed by atoms with E-state index in [4.69, 9.17) is 0 Å². The number of aryl methyl sites for hydroxylation is 1. The summed E-state index contributed by atoms with van der Waals surface area (Å²) in [5, 5.41) is 1.37. The molecule has 29 heavy (non-hydrogen) atoms. The van der Waals surface area contributed by atoms with E-state index in [1.54, 1.807) is 10.6 Å². The third kappa shape index (κ3) is 3.84. The Balaban J connectivity index is 1.83. The van der Waals surface area contributed by atoms with Gasteiger partial charge in [0.05, 0.1) is 5.52 Å². The Bertz CT molecular complexity index is 1240. The van der Waals surface area contributed by atoms with Gasteiger partial charge in [-0.3, -0.25) is 9.36 Å². The molecule has 0 aliphatic carbocycles. The van der Waals surface area contributed by atoms with Crippen molar-refractivity contribution in [3.05, 3.63) is 102 Å². The number of nitrogens with zero attached hydrogens (tertiary/aromatic N) is 1. The first-order chi connectivity index (χ1) is 14.0. The van der Waals surface area contributed by atoms with Gasteiger partial charge in [-0.25, -0.2) is 4.21 Å². The highest BCUT2D eigenvalue weighted by Crippen LogP contribution is 2.26. The lowest BCUT2D eigenvalue weighted by atomic mass is 10.1. The Morgan fingerprint density at radius 1 is 0.897 bits per heavy atom. The molecule has 0 amide bonds. The van der Waals surface area contributed by atoms with Crippen LogP contribution in [0.1, 0.15) is 22.8 Å². The molecular weight excluding hydrogens is 378 g/mol. The molecule has 0 spiro atoms. The highest BCUT2D eigenvalue weighted by atomic mass is 32.2. The maximum absolute atomic E-state index is 13.3. The number of rotatable bonds is 4. The molecule has 4 rings (SSSR count). The summed E-state index contributed by atoms with van der Waals surface area (Å²) in [6.45, 7) is 3.90. The van der Waals surface area contributed by atoms with E-state index in [1.807, 2.05) is 98.8 Å². The summed E-state index contributed by atoms with van der Waals surface area (Å²) in [7, 11) is -1.47. The lowest BCUT2D eigenvalue weighted by Crippen LogP contribution is -2.12. The van der Waals surface area contributed by atoms with E-state index in [0.29, 0.717) is 9.92 Å². The number of fused-ring (bicyclic) bond motifs is 1. The minimum atomic E-state index is -1.47. The van der Waals surface area contributed by atoms with Crippen LogP contribution in [-0.2, 0) is 10.8 Å². The molecule has 144 valence electrons. The molecule has 1 atom stereocenters. The minimum absolute atomic E-state index is 0.206. The quantitative estimate of drug-likeness (QED) is 0.403. The van der Waals surface area contributed by atoms with Crippen LogP contribution in [0.15, 0.2) is 101 Å². The van der Waals surface area contributed by atoms with Crippen molar-refractivity contribution >= 4 is 33.2 Å². The van der Waals surface area contributed by atoms with Crippen LogP contribution in [0.2, 0.25) is 0 Å². The molecule has 0 saturated carbocycles. The smallest absolute Gasteiger partial charge is 0.256 e. The first-order valence-electron chi connectivity index (χ1n) is 9.41. The average Bonchev–Trinajstić information content (AvgIpc) is 3.14. The first-order valence-corrected chi connectivity index (χ1v) is 10.6. The molecule has 4 heteroatoms. The largest absolute Gasteiger partial charge is 0.269 e. The Morgan fingerprint density at radius 2 is 1.55 bits per heavy atom. The number of para-hydroxylation sites is 1. The Kier molecular flexibility index (Phi) is 5.28. The van der Waals surface area contributed by atoms with Gasteiger partial charge in [-0.1, -0.05) is 66.2 Å². The zero-order chi connectivity index (χ0) is 20.4. The summed E-state index contributed by atoms with van der Waals surface area (Å²) in [5.41, 5.74) is 3.70. The number of carbonyl (C=O) groups is 1. The van der Waals surface area contributed by atoms with Gasteiger partial charge in [0.15, 0.2) is 0 Å². The summed E-state index contributed by atoms with van der Waals surface area (Å²) in [6.07, 6.45) is 1.61. The highest BCUT2D eigenvalue weighted by Gasteiger charge is 2.19. The number of hydrogen-bond donors (Lipinski definition) is 0. The molecule has 0 aliphatic rings. The van der Waals surface area contributed by atoms with Gasteiger partial charge in [0.2, 0.25) is 0 Å². The summed E-state index contributed by atoms with van der Waals surface area (Å²) in [4.78, 5) is 13.9. The van der Waals surface area contributed by atoms with Crippen molar-refractivity contribution in [2.75, 3.05) is 0 Å². The van der Waals surface area contributed by atoms with Crippen LogP contribution in [0.5, 0.6) is 0 Å². The van der Waals surface area contributed by atoms with Crippen molar-refractivity contribution in [2.45, 2.75) is 23.8 Å². The van der Waals surface area contributed by atoms with Gasteiger partial charge in [-0.15, -0.1) is 0 Å². The lowest BCUT2D eigenvalue weighted by molar-refractivity contribution is 0.0965. The molecule has 0 fully saturated rings. The normalized spacial score (nSPS) is 12.8. The van der Waals surface area contributed by atoms with E-state index in [-0.39, 0.29) is 5.91 Å². The fourth-order valence-corrected chi connectivity index (χ4v) is 4.52. The van der Waals surface area contributed by atoms with Gasteiger partial charge in [-0.2, -0.15) is 0 Å². The third-order valence-corrected chi connectivity index (χ3v) is 6.27. The van der Waals surface area contributed by atoms with Crippen LogP contribution in [0.25, 0.3) is 16.5 Å². The van der Waals surface area contributed by atoms with E-state index >= 15 is 0 Å². The second kappa shape index (κ2) is 8.02. The van der Waals surface area contributed by atoms with Crippen molar-refractivity contribution in [1.82, 2.24) is 4.57 Å². The standard InChI is InChI=1S/C25H21NO2S/c1-18-12-14-22(15-13-18)29(28)25-17-21-10-6-7-11-23(21)26(25)24(27)16-19(2)20-8-4-3-5-9-20/h3-17H,1-2H3/b19-16+. The molecule has 0 radical (unpaired) electrons. The molecule has 0 N–H and O–H groups in total. The van der Waals surface area contributed by atoms with Gasteiger partial charge in [0.1, 0.15) is 15.8 Å². The van der Waals surface area contributed by atoms with Gasteiger partial charge in [0.25, 0.3) is 5.91 Å². The lowest BCUT2D eigenvalue weighted by Gasteiger charge is -2.09. The first kappa shape index (κ1) is 19.1. The van der Waals surface area contributed by atoms with Gasteiger partial charge >= 0.3 is 0 Å². The van der Waals surface area contributed by atoms with E-state index in [2.05, 4.69) is 0 Å². The Morgan fingerprint density at radius 3 is 2.28 bits per heavy atom. The fourth-order valence-electron chi connectivity index (χ4n) is 3.31. The third-order valence-electron chi connectivity index (χ3n) is 4.89. The number of carbonyl (C=O) groups excluding carboxylic acids is 1. The topological polar surface area (TPSA) is 39.1 Å². The summed E-state index contributed by atoms with van der Waals surface area (Å²) in [6, 6.07) is 26.8. The van der Waals surface area contributed by atoms with E-state index in [1.165, 1.54) is 0 Å². The molecule has 4 aromatic rings. The molecule has 1 aromatic heterocycles. The predicted molar refractivity (Wildman–Crippen MR) is 119 cm³/mol. The van der Waals surface area contributed by atoms with Crippen LogP contribution in [0.4, 0.5) is 0 Å². The van der Waals surface area contributed by atoms with Crippen molar-refractivity contribution in [2.24, 2.45) is 0 Å². The molecule has 3 aromatic carbocycles. The molecule has 0 saturated heterocycles. The van der Waals surface area contributed by atoms with Crippen LogP contribution >= 0.6 is 0 Å². The Hall–Kier alpha value is -3.24. The molecule has 0 bridgehead atoms. The highest BCUT2D eigenvalue weighted by molar-refractivity contribution is 7.85. The maximum Gasteiger partial charge on any atom is 0.256 e. The second-order valence-electron chi connectivity index (χ2n) is 6.99. The summed E-state index contributed by atoms with van der Waals surface area (Å²) in [5.74, 6) is -0.206. The van der Waals surface area contributed by atoms with Crippen LogP contribution < -0.4 is 0 Å². The number of hydrogen-bond acceptors (Lipinski definition) is 2. The average molecular weight is 400 g/mol. The number of allylic oxidation sites excluding steroid dienone is 2. The van der Waals surface area contributed by atoms with Crippen LogP contribution in [0, 0.1) is 6.92 Å². The molecule has 1 unspecified atom stereocenters. The van der Waals surface area contributed by atoms with Crippen molar-refractivity contribution in [3.8, 4) is 0 Å². The van der Waals surface area contributed by atoms with Crippen molar-refractivity contribution in [3.63, 3.8) is 0 Å². The zero-order valence-corrected chi connectivity index (χ0v) is 17.1. The minimum Gasteiger partial charge on any atom is -0.269 e. The fraction of sp³-hybridized carbons (Fsp3) is 0.0800.